The van der Waals surface area contributed by atoms with Crippen LogP contribution < -0.4 is 10.0 Å². The Morgan fingerprint density at radius 2 is 2.21 bits per heavy atom. The lowest BCUT2D eigenvalue weighted by Gasteiger charge is -2.05. The van der Waals surface area contributed by atoms with Gasteiger partial charge in [-0.1, -0.05) is 6.92 Å². The Morgan fingerprint density at radius 3 is 3.00 bits per heavy atom. The number of rotatable bonds is 7. The van der Waals surface area contributed by atoms with Gasteiger partial charge in [0.2, 0.25) is 10.0 Å². The quantitative estimate of drug-likeness (QED) is 0.657. The van der Waals surface area contributed by atoms with Crippen molar-refractivity contribution in [3.8, 4) is 0 Å². The molecule has 2 aromatic rings. The second-order valence-corrected chi connectivity index (χ2v) is 5.89. The smallest absolute Gasteiger partial charge is 0.242 e. The Hall–Kier alpha value is -1.44. The van der Waals surface area contributed by atoms with Gasteiger partial charge in [0.15, 0.2) is 0 Å². The molecule has 0 radical (unpaired) electrons. The first-order chi connectivity index (χ1) is 9.15. The predicted octanol–water partition coefficient (Wildman–Crippen LogP) is 0.841. The first kappa shape index (κ1) is 14.0. The minimum Gasteiger partial charge on any atom is -0.345 e. The molecule has 104 valence electrons. The van der Waals surface area contributed by atoms with Crippen LogP contribution >= 0.6 is 0 Å². The van der Waals surface area contributed by atoms with Crippen molar-refractivity contribution < 1.29 is 8.42 Å². The third kappa shape index (κ3) is 3.31. The number of nitrogens with zero attached hydrogens (tertiary/aromatic N) is 1. The Bertz CT molecular complexity index is 636. The number of pyridine rings is 1. The molecule has 0 amide bonds. The average Bonchev–Trinajstić information content (AvgIpc) is 2.83. The van der Waals surface area contributed by atoms with Gasteiger partial charge in [0.25, 0.3) is 0 Å². The molecule has 0 aliphatic carbocycles. The van der Waals surface area contributed by atoms with Crippen LogP contribution in [-0.4, -0.2) is 38.0 Å². The number of aromatic amines is 1. The third-order valence-electron chi connectivity index (χ3n) is 2.78. The molecule has 19 heavy (non-hydrogen) atoms. The summed E-state index contributed by atoms with van der Waals surface area (Å²) in [6, 6.07) is 3.46. The number of H-pyrrole nitrogens is 1. The van der Waals surface area contributed by atoms with Gasteiger partial charge in [-0.2, -0.15) is 0 Å². The zero-order valence-electron chi connectivity index (χ0n) is 10.8. The van der Waals surface area contributed by atoms with Crippen LogP contribution in [0.25, 0.3) is 11.0 Å². The molecule has 6 nitrogen and oxygen atoms in total. The van der Waals surface area contributed by atoms with Crippen LogP contribution in [0.2, 0.25) is 0 Å². The van der Waals surface area contributed by atoms with E-state index >= 15 is 0 Å². The largest absolute Gasteiger partial charge is 0.345 e. The average molecular weight is 282 g/mol. The van der Waals surface area contributed by atoms with Crippen LogP contribution in [0.4, 0.5) is 0 Å². The van der Waals surface area contributed by atoms with Gasteiger partial charge in [-0.05, 0) is 31.6 Å². The van der Waals surface area contributed by atoms with Gasteiger partial charge in [-0.25, -0.2) is 18.1 Å². The standard InChI is InChI=1S/C12H18N4O2S/c1-2-13-6-4-8-16-19(17,18)11-9-15-12-10(11)5-3-7-14-12/h3,5,7,9,13,16H,2,4,6,8H2,1H3,(H,14,15). The summed E-state index contributed by atoms with van der Waals surface area (Å²) in [5.74, 6) is 0. The summed E-state index contributed by atoms with van der Waals surface area (Å²) in [6.45, 7) is 4.13. The minimum absolute atomic E-state index is 0.249. The molecule has 0 aromatic carbocycles. The zero-order valence-corrected chi connectivity index (χ0v) is 11.6. The summed E-state index contributed by atoms with van der Waals surface area (Å²) in [7, 11) is -3.48. The fourth-order valence-electron chi connectivity index (χ4n) is 1.83. The molecule has 0 fully saturated rings. The highest BCUT2D eigenvalue weighted by atomic mass is 32.2. The fraction of sp³-hybridized carbons (Fsp3) is 0.417. The Labute approximate surface area is 112 Å². The van der Waals surface area contributed by atoms with Crippen molar-refractivity contribution >= 4 is 21.1 Å². The lowest BCUT2D eigenvalue weighted by atomic mass is 10.3. The highest BCUT2D eigenvalue weighted by molar-refractivity contribution is 7.89. The summed E-state index contributed by atoms with van der Waals surface area (Å²) in [4.78, 5) is 7.19. The summed E-state index contributed by atoms with van der Waals surface area (Å²) < 4.78 is 26.9. The summed E-state index contributed by atoms with van der Waals surface area (Å²) >= 11 is 0. The van der Waals surface area contributed by atoms with E-state index in [1.807, 2.05) is 6.92 Å². The number of hydrogen-bond acceptors (Lipinski definition) is 4. The van der Waals surface area contributed by atoms with Gasteiger partial charge in [0, 0.05) is 24.3 Å². The lowest BCUT2D eigenvalue weighted by Crippen LogP contribution is -2.27. The van der Waals surface area contributed by atoms with Crippen LogP contribution in [0.3, 0.4) is 0 Å². The molecule has 0 saturated heterocycles. The number of sulfonamides is 1. The van der Waals surface area contributed by atoms with E-state index in [4.69, 9.17) is 0 Å². The minimum atomic E-state index is -3.48. The monoisotopic (exact) mass is 282 g/mol. The first-order valence-electron chi connectivity index (χ1n) is 6.27. The van der Waals surface area contributed by atoms with E-state index in [-0.39, 0.29) is 4.90 Å². The molecule has 0 aliphatic rings. The van der Waals surface area contributed by atoms with Crippen LogP contribution in [-0.2, 0) is 10.0 Å². The Kier molecular flexibility index (Phi) is 4.52. The number of fused-ring (bicyclic) bond motifs is 1. The normalized spacial score (nSPS) is 12.1. The maximum Gasteiger partial charge on any atom is 0.242 e. The molecule has 7 heteroatoms. The summed E-state index contributed by atoms with van der Waals surface area (Å²) in [5, 5.41) is 3.76. The van der Waals surface area contributed by atoms with Gasteiger partial charge < -0.3 is 10.3 Å². The van der Waals surface area contributed by atoms with Crippen LogP contribution in [0.1, 0.15) is 13.3 Å². The Morgan fingerprint density at radius 1 is 1.37 bits per heavy atom. The van der Waals surface area contributed by atoms with Crippen molar-refractivity contribution in [1.82, 2.24) is 20.0 Å². The van der Waals surface area contributed by atoms with Crippen molar-refractivity contribution in [2.75, 3.05) is 19.6 Å². The van der Waals surface area contributed by atoms with E-state index in [0.717, 1.165) is 19.5 Å². The molecule has 0 spiro atoms. The molecule has 2 rings (SSSR count). The third-order valence-corrected chi connectivity index (χ3v) is 4.28. The predicted molar refractivity (Wildman–Crippen MR) is 74.4 cm³/mol. The molecule has 0 unspecified atom stereocenters. The molecule has 0 aliphatic heterocycles. The van der Waals surface area contributed by atoms with Crippen molar-refractivity contribution in [1.29, 1.82) is 0 Å². The van der Waals surface area contributed by atoms with Crippen LogP contribution in [0.5, 0.6) is 0 Å². The number of aromatic nitrogens is 2. The van der Waals surface area contributed by atoms with E-state index in [0.29, 0.717) is 17.6 Å². The molecule has 2 aromatic heterocycles. The van der Waals surface area contributed by atoms with E-state index in [2.05, 4.69) is 20.0 Å². The van der Waals surface area contributed by atoms with Gasteiger partial charge in [0.1, 0.15) is 10.5 Å². The van der Waals surface area contributed by atoms with Crippen molar-refractivity contribution in [2.24, 2.45) is 0 Å². The zero-order chi connectivity index (χ0) is 13.7. The molecule has 0 atom stereocenters. The number of hydrogen-bond donors (Lipinski definition) is 3. The van der Waals surface area contributed by atoms with E-state index < -0.39 is 10.0 Å². The molecule has 3 N–H and O–H groups in total. The summed E-state index contributed by atoms with van der Waals surface area (Å²) in [5.41, 5.74) is 0.579. The topological polar surface area (TPSA) is 86.9 Å². The first-order valence-corrected chi connectivity index (χ1v) is 7.76. The molecule has 0 bridgehead atoms. The number of nitrogens with one attached hydrogen (secondary N) is 3. The van der Waals surface area contributed by atoms with Gasteiger partial charge in [-0.3, -0.25) is 0 Å². The Balaban J connectivity index is 2.07. The maximum atomic E-state index is 12.2. The highest BCUT2D eigenvalue weighted by Gasteiger charge is 2.18. The molecule has 2 heterocycles. The van der Waals surface area contributed by atoms with Crippen molar-refractivity contribution in [3.63, 3.8) is 0 Å². The van der Waals surface area contributed by atoms with Gasteiger partial charge in [0.05, 0.1) is 0 Å². The maximum absolute atomic E-state index is 12.2. The van der Waals surface area contributed by atoms with Crippen molar-refractivity contribution in [3.05, 3.63) is 24.5 Å². The fourth-order valence-corrected chi connectivity index (χ4v) is 3.06. The molecular weight excluding hydrogens is 264 g/mol. The van der Waals surface area contributed by atoms with Gasteiger partial charge >= 0.3 is 0 Å². The van der Waals surface area contributed by atoms with E-state index in [9.17, 15) is 8.42 Å². The highest BCUT2D eigenvalue weighted by Crippen LogP contribution is 2.20. The second-order valence-electron chi connectivity index (χ2n) is 4.16. The van der Waals surface area contributed by atoms with Gasteiger partial charge in [-0.15, -0.1) is 0 Å². The summed E-state index contributed by atoms with van der Waals surface area (Å²) in [6.07, 6.45) is 3.86. The van der Waals surface area contributed by atoms with Crippen molar-refractivity contribution in [2.45, 2.75) is 18.2 Å². The second kappa shape index (κ2) is 6.14. The van der Waals surface area contributed by atoms with Crippen LogP contribution in [0.15, 0.2) is 29.4 Å². The molecule has 0 saturated carbocycles. The van der Waals surface area contributed by atoms with E-state index in [1.54, 1.807) is 18.3 Å². The lowest BCUT2D eigenvalue weighted by molar-refractivity contribution is 0.576. The SMILES string of the molecule is CCNCCCNS(=O)(=O)c1c[nH]c2ncccc12. The van der Waals surface area contributed by atoms with Crippen LogP contribution in [0, 0.1) is 0 Å². The van der Waals surface area contributed by atoms with E-state index in [1.165, 1.54) is 6.20 Å². The molecular formula is C12H18N4O2S.